The number of piperidine rings is 1. The second kappa shape index (κ2) is 3.17. The van der Waals surface area contributed by atoms with Gasteiger partial charge in [-0.25, -0.2) is 4.98 Å². The van der Waals surface area contributed by atoms with Crippen LogP contribution in [0.3, 0.4) is 0 Å². The van der Waals surface area contributed by atoms with Gasteiger partial charge in [-0.15, -0.1) is 0 Å². The molecule has 0 bridgehead atoms. The molecule has 2 rings (SSSR count). The van der Waals surface area contributed by atoms with Gasteiger partial charge in [0.2, 0.25) is 0 Å². The number of nitrogens with zero attached hydrogens (tertiary/aromatic N) is 2. The van der Waals surface area contributed by atoms with Crippen molar-refractivity contribution >= 4 is 5.82 Å². The summed E-state index contributed by atoms with van der Waals surface area (Å²) in [5.41, 5.74) is 0. The zero-order valence-electron chi connectivity index (χ0n) is 7.51. The molecule has 0 aliphatic carbocycles. The van der Waals surface area contributed by atoms with Crippen molar-refractivity contribution in [1.82, 2.24) is 9.97 Å². The van der Waals surface area contributed by atoms with Crippen molar-refractivity contribution < 1.29 is 0 Å². The standard InChI is InChI=1S/C9H15N3/c1-8-10-7-9(11-8)12-5-3-2-4-6-12/h7H,2-6H2,1H3,(H,10,11). The number of aromatic nitrogens is 2. The molecule has 3 nitrogen and oxygen atoms in total. The highest BCUT2D eigenvalue weighted by Crippen LogP contribution is 2.16. The van der Waals surface area contributed by atoms with Gasteiger partial charge < -0.3 is 9.88 Å². The summed E-state index contributed by atoms with van der Waals surface area (Å²) < 4.78 is 0. The zero-order chi connectivity index (χ0) is 8.39. The first-order valence-electron chi connectivity index (χ1n) is 4.63. The molecule has 0 aromatic carbocycles. The van der Waals surface area contributed by atoms with E-state index in [1.165, 1.54) is 38.2 Å². The fourth-order valence-corrected chi connectivity index (χ4v) is 1.70. The lowest BCUT2D eigenvalue weighted by Gasteiger charge is -2.26. The Kier molecular flexibility index (Phi) is 2.02. The molecule has 1 aliphatic rings. The Morgan fingerprint density at radius 2 is 2.08 bits per heavy atom. The van der Waals surface area contributed by atoms with Gasteiger partial charge in [0.1, 0.15) is 11.6 Å². The van der Waals surface area contributed by atoms with Gasteiger partial charge in [0.25, 0.3) is 0 Å². The lowest BCUT2D eigenvalue weighted by atomic mass is 10.1. The van der Waals surface area contributed by atoms with Crippen LogP contribution in [0.2, 0.25) is 0 Å². The molecule has 0 radical (unpaired) electrons. The molecule has 1 aromatic heterocycles. The first-order valence-corrected chi connectivity index (χ1v) is 4.63. The number of hydrogen-bond acceptors (Lipinski definition) is 2. The molecule has 3 heteroatoms. The minimum Gasteiger partial charge on any atom is -0.357 e. The maximum atomic E-state index is 4.19. The zero-order valence-corrected chi connectivity index (χ0v) is 7.51. The monoisotopic (exact) mass is 165 g/mol. The Morgan fingerprint density at radius 3 is 2.67 bits per heavy atom. The molecule has 0 amide bonds. The molecule has 1 fully saturated rings. The fourth-order valence-electron chi connectivity index (χ4n) is 1.70. The van der Waals surface area contributed by atoms with Crippen LogP contribution in [0.15, 0.2) is 6.20 Å². The highest BCUT2D eigenvalue weighted by molar-refractivity contribution is 5.36. The summed E-state index contributed by atoms with van der Waals surface area (Å²) >= 11 is 0. The van der Waals surface area contributed by atoms with Gasteiger partial charge in [0.05, 0.1) is 6.20 Å². The maximum absolute atomic E-state index is 4.19. The quantitative estimate of drug-likeness (QED) is 0.687. The summed E-state index contributed by atoms with van der Waals surface area (Å²) in [7, 11) is 0. The van der Waals surface area contributed by atoms with Crippen LogP contribution in [0.25, 0.3) is 0 Å². The molecule has 1 saturated heterocycles. The molecular formula is C9H15N3. The first kappa shape index (κ1) is 7.65. The number of anilines is 1. The van der Waals surface area contributed by atoms with E-state index in [-0.39, 0.29) is 0 Å². The summed E-state index contributed by atoms with van der Waals surface area (Å²) in [5.74, 6) is 2.20. The van der Waals surface area contributed by atoms with Gasteiger partial charge in [-0.2, -0.15) is 0 Å². The Balaban J connectivity index is 2.08. The Bertz CT molecular complexity index is 248. The van der Waals surface area contributed by atoms with E-state index in [1.54, 1.807) is 0 Å². The summed E-state index contributed by atoms with van der Waals surface area (Å²) in [6, 6.07) is 0. The van der Waals surface area contributed by atoms with E-state index < -0.39 is 0 Å². The van der Waals surface area contributed by atoms with Crippen molar-refractivity contribution in [2.45, 2.75) is 26.2 Å². The third-order valence-corrected chi connectivity index (χ3v) is 2.39. The molecule has 0 saturated carbocycles. The third-order valence-electron chi connectivity index (χ3n) is 2.39. The number of hydrogen-bond donors (Lipinski definition) is 1. The topological polar surface area (TPSA) is 31.9 Å². The number of H-pyrrole nitrogens is 1. The van der Waals surface area contributed by atoms with E-state index in [4.69, 9.17) is 0 Å². The summed E-state index contributed by atoms with van der Waals surface area (Å²) in [6.45, 7) is 4.36. The molecule has 66 valence electrons. The number of aromatic amines is 1. The van der Waals surface area contributed by atoms with E-state index in [2.05, 4.69) is 14.9 Å². The molecular weight excluding hydrogens is 150 g/mol. The average molecular weight is 165 g/mol. The van der Waals surface area contributed by atoms with E-state index in [0.717, 1.165) is 5.82 Å². The molecule has 0 spiro atoms. The lowest BCUT2D eigenvalue weighted by molar-refractivity contribution is 0.574. The minimum atomic E-state index is 1.01. The summed E-state index contributed by atoms with van der Waals surface area (Å²) in [4.78, 5) is 9.83. The van der Waals surface area contributed by atoms with Crippen molar-refractivity contribution in [1.29, 1.82) is 0 Å². The van der Waals surface area contributed by atoms with Gasteiger partial charge in [-0.1, -0.05) is 0 Å². The fraction of sp³-hybridized carbons (Fsp3) is 0.667. The normalized spacial score (nSPS) is 18.2. The van der Waals surface area contributed by atoms with Crippen LogP contribution in [-0.2, 0) is 0 Å². The van der Waals surface area contributed by atoms with E-state index in [0.29, 0.717) is 0 Å². The smallest absolute Gasteiger partial charge is 0.126 e. The van der Waals surface area contributed by atoms with Crippen LogP contribution in [0.4, 0.5) is 5.82 Å². The van der Waals surface area contributed by atoms with E-state index in [9.17, 15) is 0 Å². The van der Waals surface area contributed by atoms with E-state index >= 15 is 0 Å². The van der Waals surface area contributed by atoms with Gasteiger partial charge in [-0.3, -0.25) is 0 Å². The second-order valence-electron chi connectivity index (χ2n) is 3.40. The van der Waals surface area contributed by atoms with Crippen molar-refractivity contribution in [3.8, 4) is 0 Å². The SMILES string of the molecule is Cc1ncc(N2CCCCC2)[nH]1. The van der Waals surface area contributed by atoms with Crippen molar-refractivity contribution in [2.24, 2.45) is 0 Å². The Hall–Kier alpha value is -0.990. The number of nitrogens with one attached hydrogen (secondary N) is 1. The Morgan fingerprint density at radius 1 is 1.33 bits per heavy atom. The van der Waals surface area contributed by atoms with E-state index in [1.807, 2.05) is 13.1 Å². The number of imidazole rings is 1. The number of rotatable bonds is 1. The summed E-state index contributed by atoms with van der Waals surface area (Å²) in [6.07, 6.45) is 5.94. The van der Waals surface area contributed by atoms with Crippen LogP contribution < -0.4 is 4.90 Å². The van der Waals surface area contributed by atoms with Gasteiger partial charge in [-0.05, 0) is 26.2 Å². The molecule has 12 heavy (non-hydrogen) atoms. The third kappa shape index (κ3) is 1.44. The average Bonchev–Trinajstić information content (AvgIpc) is 2.54. The molecule has 0 atom stereocenters. The largest absolute Gasteiger partial charge is 0.357 e. The first-order chi connectivity index (χ1) is 5.86. The second-order valence-corrected chi connectivity index (χ2v) is 3.40. The number of aryl methyl sites for hydroxylation is 1. The van der Waals surface area contributed by atoms with Crippen LogP contribution in [-0.4, -0.2) is 23.1 Å². The minimum absolute atomic E-state index is 1.01. The van der Waals surface area contributed by atoms with Crippen LogP contribution >= 0.6 is 0 Å². The predicted octanol–water partition coefficient (Wildman–Crippen LogP) is 1.71. The lowest BCUT2D eigenvalue weighted by Crippen LogP contribution is -2.29. The molecule has 2 heterocycles. The molecule has 1 aliphatic heterocycles. The molecule has 1 N–H and O–H groups in total. The van der Waals surface area contributed by atoms with Gasteiger partial charge >= 0.3 is 0 Å². The van der Waals surface area contributed by atoms with Crippen LogP contribution in [0, 0.1) is 6.92 Å². The molecule has 0 unspecified atom stereocenters. The van der Waals surface area contributed by atoms with Crippen molar-refractivity contribution in [3.63, 3.8) is 0 Å². The molecule has 1 aromatic rings. The predicted molar refractivity (Wildman–Crippen MR) is 49.4 cm³/mol. The summed E-state index contributed by atoms with van der Waals surface area (Å²) in [5, 5.41) is 0. The van der Waals surface area contributed by atoms with Gasteiger partial charge in [0, 0.05) is 13.1 Å². The van der Waals surface area contributed by atoms with Crippen LogP contribution in [0.5, 0.6) is 0 Å². The highest BCUT2D eigenvalue weighted by Gasteiger charge is 2.11. The van der Waals surface area contributed by atoms with Gasteiger partial charge in [0.15, 0.2) is 0 Å². The Labute approximate surface area is 72.8 Å². The highest BCUT2D eigenvalue weighted by atomic mass is 15.2. The van der Waals surface area contributed by atoms with Crippen LogP contribution in [0.1, 0.15) is 25.1 Å². The van der Waals surface area contributed by atoms with Crippen molar-refractivity contribution in [3.05, 3.63) is 12.0 Å². The maximum Gasteiger partial charge on any atom is 0.126 e. The van der Waals surface area contributed by atoms with Crippen molar-refractivity contribution in [2.75, 3.05) is 18.0 Å².